The van der Waals surface area contributed by atoms with Crippen molar-refractivity contribution in [1.29, 1.82) is 0 Å². The molecule has 0 aromatic carbocycles. The molecule has 17 heavy (non-hydrogen) atoms. The number of rotatable bonds is 3. The molecule has 1 aromatic heterocycles. The number of aromatic nitrogens is 2. The Balaban J connectivity index is 2.08. The molecule has 0 saturated carbocycles. The normalized spacial score (nSPS) is 18.2. The number of anilines is 1. The zero-order valence-electron chi connectivity index (χ0n) is 10.1. The summed E-state index contributed by atoms with van der Waals surface area (Å²) in [4.78, 5) is 16.4. The van der Waals surface area contributed by atoms with Crippen molar-refractivity contribution < 1.29 is 4.92 Å². The van der Waals surface area contributed by atoms with Crippen LogP contribution in [0.4, 0.5) is 11.6 Å². The van der Waals surface area contributed by atoms with E-state index >= 15 is 0 Å². The van der Waals surface area contributed by atoms with Gasteiger partial charge >= 0.3 is 5.82 Å². The van der Waals surface area contributed by atoms with Crippen LogP contribution in [0.5, 0.6) is 0 Å². The minimum atomic E-state index is -0.447. The Morgan fingerprint density at radius 1 is 1.47 bits per heavy atom. The van der Waals surface area contributed by atoms with E-state index in [4.69, 9.17) is 0 Å². The van der Waals surface area contributed by atoms with Crippen LogP contribution in [0.1, 0.15) is 12.8 Å². The molecule has 7 nitrogen and oxygen atoms in total. The number of piperidine rings is 1. The number of hydrogen-bond acceptors (Lipinski definition) is 5. The molecule has 1 aromatic rings. The van der Waals surface area contributed by atoms with E-state index in [1.165, 1.54) is 6.33 Å². The summed E-state index contributed by atoms with van der Waals surface area (Å²) in [5, 5.41) is 14.0. The van der Waals surface area contributed by atoms with Crippen molar-refractivity contribution in [2.24, 2.45) is 7.05 Å². The number of likely N-dealkylation sites (tertiary alicyclic amines) is 1. The van der Waals surface area contributed by atoms with Gasteiger partial charge in [-0.2, -0.15) is 0 Å². The Kier molecular flexibility index (Phi) is 3.28. The van der Waals surface area contributed by atoms with Crippen molar-refractivity contribution >= 4 is 11.6 Å². The number of hydrogen-bond donors (Lipinski definition) is 1. The van der Waals surface area contributed by atoms with Crippen molar-refractivity contribution in [3.05, 3.63) is 16.4 Å². The van der Waals surface area contributed by atoms with Crippen LogP contribution < -0.4 is 5.32 Å². The monoisotopic (exact) mass is 239 g/mol. The fourth-order valence-electron chi connectivity index (χ4n) is 2.06. The van der Waals surface area contributed by atoms with E-state index in [1.54, 1.807) is 11.6 Å². The zero-order valence-corrected chi connectivity index (χ0v) is 10.1. The summed E-state index contributed by atoms with van der Waals surface area (Å²) in [7, 11) is 3.85. The van der Waals surface area contributed by atoms with Gasteiger partial charge in [-0.3, -0.25) is 4.57 Å². The minimum Gasteiger partial charge on any atom is -0.361 e. The molecule has 0 atom stereocenters. The fraction of sp³-hybridized carbons (Fsp3) is 0.700. The van der Waals surface area contributed by atoms with Gasteiger partial charge in [0.15, 0.2) is 0 Å². The van der Waals surface area contributed by atoms with Crippen molar-refractivity contribution in [3.8, 4) is 0 Å². The average molecular weight is 239 g/mol. The van der Waals surface area contributed by atoms with E-state index in [2.05, 4.69) is 22.2 Å². The van der Waals surface area contributed by atoms with E-state index in [9.17, 15) is 10.1 Å². The Bertz CT molecular complexity index is 409. The topological polar surface area (TPSA) is 76.2 Å². The second-order valence-electron chi connectivity index (χ2n) is 4.51. The van der Waals surface area contributed by atoms with E-state index < -0.39 is 4.92 Å². The van der Waals surface area contributed by atoms with E-state index in [0.29, 0.717) is 11.9 Å². The highest BCUT2D eigenvalue weighted by Crippen LogP contribution is 2.24. The molecule has 0 bridgehead atoms. The average Bonchev–Trinajstić information content (AvgIpc) is 2.64. The zero-order chi connectivity index (χ0) is 12.4. The lowest BCUT2D eigenvalue weighted by atomic mass is 10.1. The number of nitro groups is 1. The van der Waals surface area contributed by atoms with Crippen LogP contribution in [0.3, 0.4) is 0 Å². The molecule has 1 saturated heterocycles. The maximum absolute atomic E-state index is 10.8. The standard InChI is InChI=1S/C10H17N5O2/c1-13-5-3-8(4-6-13)12-10-9(15(16)17)11-7-14(10)2/h7-8,12H,3-6H2,1-2H3. The quantitative estimate of drug-likeness (QED) is 0.624. The summed E-state index contributed by atoms with van der Waals surface area (Å²) in [6.07, 6.45) is 3.47. The van der Waals surface area contributed by atoms with Gasteiger partial charge in [-0.25, -0.2) is 0 Å². The molecule has 7 heteroatoms. The SMILES string of the molecule is CN1CCC(Nc2c([N+](=O)[O-])ncn2C)CC1. The molecule has 1 aliphatic rings. The largest absolute Gasteiger partial charge is 0.406 e. The summed E-state index contributed by atoms with van der Waals surface area (Å²) in [6.45, 7) is 2.03. The van der Waals surface area contributed by atoms with Crippen LogP contribution in [0, 0.1) is 10.1 Å². The summed E-state index contributed by atoms with van der Waals surface area (Å²) in [5.74, 6) is 0.413. The molecular weight excluding hydrogens is 222 g/mol. The predicted octanol–water partition coefficient (Wildman–Crippen LogP) is 0.834. The summed E-state index contributed by atoms with van der Waals surface area (Å²) in [5.41, 5.74) is 0. The van der Waals surface area contributed by atoms with Gasteiger partial charge in [-0.05, 0) is 42.9 Å². The van der Waals surface area contributed by atoms with Gasteiger partial charge in [-0.15, -0.1) is 0 Å². The maximum atomic E-state index is 10.8. The van der Waals surface area contributed by atoms with Gasteiger partial charge in [0, 0.05) is 13.1 Å². The van der Waals surface area contributed by atoms with Gasteiger partial charge in [0.2, 0.25) is 12.1 Å². The molecule has 1 fully saturated rings. The van der Waals surface area contributed by atoms with E-state index in [0.717, 1.165) is 25.9 Å². The van der Waals surface area contributed by atoms with Crippen molar-refractivity contribution in [1.82, 2.24) is 14.5 Å². The van der Waals surface area contributed by atoms with E-state index in [-0.39, 0.29) is 5.82 Å². The van der Waals surface area contributed by atoms with Crippen LogP contribution in [0.25, 0.3) is 0 Å². The molecule has 1 aliphatic heterocycles. The third-order valence-electron chi connectivity index (χ3n) is 3.15. The first-order valence-electron chi connectivity index (χ1n) is 5.68. The number of imidazole rings is 1. The predicted molar refractivity (Wildman–Crippen MR) is 64.0 cm³/mol. The highest BCUT2D eigenvalue weighted by atomic mass is 16.6. The Morgan fingerprint density at radius 2 is 2.12 bits per heavy atom. The molecule has 0 spiro atoms. The molecule has 0 aliphatic carbocycles. The van der Waals surface area contributed by atoms with Gasteiger partial charge in [-0.1, -0.05) is 0 Å². The number of aryl methyl sites for hydroxylation is 1. The third kappa shape index (κ3) is 2.55. The van der Waals surface area contributed by atoms with Crippen LogP contribution >= 0.6 is 0 Å². The van der Waals surface area contributed by atoms with Crippen molar-refractivity contribution in [2.75, 3.05) is 25.5 Å². The second-order valence-corrected chi connectivity index (χ2v) is 4.51. The third-order valence-corrected chi connectivity index (χ3v) is 3.15. The highest BCUT2D eigenvalue weighted by molar-refractivity contribution is 5.52. The molecule has 0 radical (unpaired) electrons. The van der Waals surface area contributed by atoms with Crippen LogP contribution in [0.2, 0.25) is 0 Å². The highest BCUT2D eigenvalue weighted by Gasteiger charge is 2.24. The first kappa shape index (κ1) is 11.8. The lowest BCUT2D eigenvalue weighted by Gasteiger charge is -2.29. The first-order chi connectivity index (χ1) is 8.08. The second kappa shape index (κ2) is 4.70. The van der Waals surface area contributed by atoms with Gasteiger partial charge in [0.25, 0.3) is 0 Å². The van der Waals surface area contributed by atoms with Crippen molar-refractivity contribution in [2.45, 2.75) is 18.9 Å². The Labute approximate surface area is 99.6 Å². The summed E-state index contributed by atoms with van der Waals surface area (Å²) in [6, 6.07) is 0.292. The lowest BCUT2D eigenvalue weighted by molar-refractivity contribution is -0.388. The maximum Gasteiger partial charge on any atom is 0.406 e. The molecule has 2 rings (SSSR count). The fourth-order valence-corrected chi connectivity index (χ4v) is 2.06. The van der Waals surface area contributed by atoms with Gasteiger partial charge in [0.05, 0.1) is 0 Å². The van der Waals surface area contributed by atoms with Crippen molar-refractivity contribution in [3.63, 3.8) is 0 Å². The summed E-state index contributed by atoms with van der Waals surface area (Å²) >= 11 is 0. The first-order valence-corrected chi connectivity index (χ1v) is 5.68. The smallest absolute Gasteiger partial charge is 0.361 e. The van der Waals surface area contributed by atoms with Crippen LogP contribution in [0.15, 0.2) is 6.33 Å². The van der Waals surface area contributed by atoms with E-state index in [1.807, 2.05) is 0 Å². The molecule has 0 amide bonds. The number of nitrogens with zero attached hydrogens (tertiary/aromatic N) is 4. The minimum absolute atomic E-state index is 0.0913. The molecule has 1 N–H and O–H groups in total. The summed E-state index contributed by atoms with van der Waals surface area (Å²) < 4.78 is 1.66. The van der Waals surface area contributed by atoms with Crippen LogP contribution in [-0.2, 0) is 7.05 Å². The van der Waals surface area contributed by atoms with Crippen LogP contribution in [-0.4, -0.2) is 45.6 Å². The Hall–Kier alpha value is -1.63. The molecule has 0 unspecified atom stereocenters. The Morgan fingerprint density at radius 3 is 2.71 bits per heavy atom. The molecule has 94 valence electrons. The van der Waals surface area contributed by atoms with Gasteiger partial charge < -0.3 is 20.3 Å². The van der Waals surface area contributed by atoms with Gasteiger partial charge in [0.1, 0.15) is 0 Å². The molecular formula is C10H17N5O2. The molecule has 2 heterocycles. The number of nitrogens with one attached hydrogen (secondary N) is 1. The lowest BCUT2D eigenvalue weighted by Crippen LogP contribution is -2.37.